The largest absolute Gasteiger partial charge is 0.379 e. The predicted octanol–water partition coefficient (Wildman–Crippen LogP) is 2.63. The number of hydrogen-bond donors (Lipinski definition) is 1. The number of ether oxygens (including phenoxy) is 1. The van der Waals surface area contributed by atoms with Crippen LogP contribution in [0.1, 0.15) is 33.2 Å². The van der Waals surface area contributed by atoms with Crippen molar-refractivity contribution in [2.45, 2.75) is 33.2 Å². The van der Waals surface area contributed by atoms with Crippen LogP contribution in [0.15, 0.2) is 23.7 Å². The minimum absolute atomic E-state index is 0. The maximum atomic E-state index is 5.63. The van der Waals surface area contributed by atoms with E-state index in [2.05, 4.69) is 51.7 Å². The molecule has 1 aliphatic heterocycles. The molecule has 0 radical (unpaired) electrons. The van der Waals surface area contributed by atoms with Crippen LogP contribution in [0.3, 0.4) is 0 Å². The molecule has 6 nitrogen and oxygen atoms in total. The van der Waals surface area contributed by atoms with Crippen LogP contribution < -0.4 is 5.32 Å². The van der Waals surface area contributed by atoms with Gasteiger partial charge in [0.25, 0.3) is 0 Å². The van der Waals surface area contributed by atoms with E-state index in [0.29, 0.717) is 24.5 Å². The molecule has 1 N–H and O–H groups in total. The van der Waals surface area contributed by atoms with Crippen LogP contribution in [0.5, 0.6) is 0 Å². The number of guanidine groups is 1. The van der Waals surface area contributed by atoms with E-state index in [1.54, 1.807) is 0 Å². The third-order valence-electron chi connectivity index (χ3n) is 4.32. The monoisotopic (exact) mass is 449 g/mol. The van der Waals surface area contributed by atoms with E-state index in [1.165, 1.54) is 0 Å². The number of imidazole rings is 1. The second-order valence-corrected chi connectivity index (χ2v) is 6.73. The van der Waals surface area contributed by atoms with Crippen LogP contribution >= 0.6 is 24.0 Å². The molecule has 24 heavy (non-hydrogen) atoms. The lowest BCUT2D eigenvalue weighted by Crippen LogP contribution is -2.49. The number of likely N-dealkylation sites (tertiary alicyclic amines) is 1. The summed E-state index contributed by atoms with van der Waals surface area (Å²) in [6.45, 7) is 11.0. The molecule has 0 aliphatic carbocycles. The van der Waals surface area contributed by atoms with Crippen molar-refractivity contribution in [1.29, 1.82) is 0 Å². The Hall–Kier alpha value is -0.830. The smallest absolute Gasteiger partial charge is 0.193 e. The normalized spacial score (nSPS) is 21.7. The van der Waals surface area contributed by atoms with E-state index in [-0.39, 0.29) is 24.0 Å². The first-order valence-corrected chi connectivity index (χ1v) is 8.62. The number of hydrogen-bond acceptors (Lipinski definition) is 3. The molecular weight excluding hydrogens is 417 g/mol. The number of piperidine rings is 1. The van der Waals surface area contributed by atoms with Gasteiger partial charge in [0, 0.05) is 45.7 Å². The van der Waals surface area contributed by atoms with Crippen molar-refractivity contribution in [3.8, 4) is 0 Å². The maximum absolute atomic E-state index is 5.63. The molecule has 0 aromatic carbocycles. The standard InChI is InChI=1S/C17H31N5O.HI/c1-14(2)12-23-10-7-20-17(18-4)21-8-5-15(3)16(11-21)22-9-6-19-13-22;/h6,9,13-16H,5,7-8,10-12H2,1-4H3,(H,18,20);1H. The first kappa shape index (κ1) is 21.2. The highest BCUT2D eigenvalue weighted by atomic mass is 127. The van der Waals surface area contributed by atoms with Crippen LogP contribution in [0, 0.1) is 11.8 Å². The van der Waals surface area contributed by atoms with E-state index < -0.39 is 0 Å². The second kappa shape index (κ2) is 10.9. The summed E-state index contributed by atoms with van der Waals surface area (Å²) in [6, 6.07) is 0.446. The Morgan fingerprint density at radius 1 is 1.46 bits per heavy atom. The van der Waals surface area contributed by atoms with Gasteiger partial charge < -0.3 is 19.5 Å². The molecule has 0 spiro atoms. The lowest BCUT2D eigenvalue weighted by Gasteiger charge is -2.39. The zero-order valence-electron chi connectivity index (χ0n) is 15.3. The van der Waals surface area contributed by atoms with Gasteiger partial charge in [-0.05, 0) is 18.3 Å². The van der Waals surface area contributed by atoms with E-state index in [0.717, 1.165) is 38.6 Å². The number of nitrogens with one attached hydrogen (secondary N) is 1. The average Bonchev–Trinajstić information content (AvgIpc) is 3.05. The van der Waals surface area contributed by atoms with Crippen molar-refractivity contribution in [1.82, 2.24) is 19.8 Å². The van der Waals surface area contributed by atoms with Gasteiger partial charge in [0.2, 0.25) is 0 Å². The molecule has 7 heteroatoms. The Morgan fingerprint density at radius 3 is 2.88 bits per heavy atom. The fourth-order valence-corrected chi connectivity index (χ4v) is 2.98. The van der Waals surface area contributed by atoms with Crippen molar-refractivity contribution in [3.63, 3.8) is 0 Å². The van der Waals surface area contributed by atoms with Gasteiger partial charge in [-0.25, -0.2) is 4.98 Å². The quantitative estimate of drug-likeness (QED) is 0.314. The summed E-state index contributed by atoms with van der Waals surface area (Å²) in [7, 11) is 1.85. The zero-order valence-corrected chi connectivity index (χ0v) is 17.6. The fraction of sp³-hybridized carbons (Fsp3) is 0.765. The summed E-state index contributed by atoms with van der Waals surface area (Å²) in [5.41, 5.74) is 0. The zero-order chi connectivity index (χ0) is 16.7. The number of aliphatic imine (C=N–C) groups is 1. The SMILES string of the molecule is CN=C(NCCOCC(C)C)N1CCC(C)C(n2ccnc2)C1.I. The maximum Gasteiger partial charge on any atom is 0.193 e. The van der Waals surface area contributed by atoms with Crippen LogP contribution in [0.2, 0.25) is 0 Å². The Morgan fingerprint density at radius 2 is 2.25 bits per heavy atom. The Labute approximate surface area is 163 Å². The second-order valence-electron chi connectivity index (χ2n) is 6.73. The molecule has 0 amide bonds. The molecule has 2 unspecified atom stereocenters. The number of nitrogens with zero attached hydrogens (tertiary/aromatic N) is 4. The van der Waals surface area contributed by atoms with Gasteiger partial charge in [-0.2, -0.15) is 0 Å². The molecule has 1 fully saturated rings. The summed E-state index contributed by atoms with van der Waals surface area (Å²) in [6.07, 6.45) is 6.99. The van der Waals surface area contributed by atoms with Crippen LogP contribution in [-0.2, 0) is 4.74 Å². The van der Waals surface area contributed by atoms with Crippen molar-refractivity contribution in [3.05, 3.63) is 18.7 Å². The van der Waals surface area contributed by atoms with Crippen LogP contribution in [0.25, 0.3) is 0 Å². The number of halogens is 1. The highest BCUT2D eigenvalue weighted by molar-refractivity contribution is 14.0. The van der Waals surface area contributed by atoms with E-state index in [4.69, 9.17) is 4.74 Å². The molecule has 2 heterocycles. The molecule has 1 aromatic heterocycles. The van der Waals surface area contributed by atoms with Crippen LogP contribution in [0.4, 0.5) is 0 Å². The molecule has 1 aliphatic rings. The van der Waals surface area contributed by atoms with E-state index >= 15 is 0 Å². The van der Waals surface area contributed by atoms with Crippen molar-refractivity contribution in [2.24, 2.45) is 16.8 Å². The Bertz CT molecular complexity index is 477. The number of rotatable bonds is 6. The van der Waals surface area contributed by atoms with Gasteiger partial charge >= 0.3 is 0 Å². The fourth-order valence-electron chi connectivity index (χ4n) is 2.98. The molecule has 1 saturated heterocycles. The molecule has 2 rings (SSSR count). The summed E-state index contributed by atoms with van der Waals surface area (Å²) in [5.74, 6) is 2.19. The van der Waals surface area contributed by atoms with Crippen molar-refractivity contribution < 1.29 is 4.74 Å². The van der Waals surface area contributed by atoms with E-state index in [1.807, 2.05) is 19.6 Å². The minimum Gasteiger partial charge on any atom is -0.379 e. The van der Waals surface area contributed by atoms with E-state index in [9.17, 15) is 0 Å². The molecule has 0 bridgehead atoms. The predicted molar refractivity (Wildman–Crippen MR) is 109 cm³/mol. The van der Waals surface area contributed by atoms with Gasteiger partial charge in [-0.3, -0.25) is 4.99 Å². The lowest BCUT2D eigenvalue weighted by atomic mass is 9.93. The van der Waals surface area contributed by atoms with Gasteiger partial charge in [0.05, 0.1) is 19.0 Å². The highest BCUT2D eigenvalue weighted by Gasteiger charge is 2.28. The summed E-state index contributed by atoms with van der Waals surface area (Å²) >= 11 is 0. The van der Waals surface area contributed by atoms with Gasteiger partial charge in [0.1, 0.15) is 0 Å². The highest BCUT2D eigenvalue weighted by Crippen LogP contribution is 2.27. The minimum atomic E-state index is 0. The molecule has 2 atom stereocenters. The summed E-state index contributed by atoms with van der Waals surface area (Å²) in [5, 5.41) is 3.42. The number of aromatic nitrogens is 2. The first-order chi connectivity index (χ1) is 11.1. The van der Waals surface area contributed by atoms with Crippen LogP contribution in [-0.4, -0.2) is 60.3 Å². The average molecular weight is 449 g/mol. The molecule has 1 aromatic rings. The lowest BCUT2D eigenvalue weighted by molar-refractivity contribution is 0.113. The first-order valence-electron chi connectivity index (χ1n) is 8.62. The summed E-state index contributed by atoms with van der Waals surface area (Å²) in [4.78, 5) is 11.0. The Balaban J connectivity index is 0.00000288. The van der Waals surface area contributed by atoms with Crippen molar-refractivity contribution >= 4 is 29.9 Å². The molecular formula is C17H32IN5O. The van der Waals surface area contributed by atoms with Gasteiger partial charge in [0.15, 0.2) is 5.96 Å². The summed E-state index contributed by atoms with van der Waals surface area (Å²) < 4.78 is 7.84. The van der Waals surface area contributed by atoms with Gasteiger partial charge in [-0.15, -0.1) is 24.0 Å². The third kappa shape index (κ3) is 6.23. The van der Waals surface area contributed by atoms with Crippen molar-refractivity contribution in [2.75, 3.05) is 39.9 Å². The third-order valence-corrected chi connectivity index (χ3v) is 4.32. The van der Waals surface area contributed by atoms with Gasteiger partial charge in [-0.1, -0.05) is 20.8 Å². The molecule has 138 valence electrons. The Kier molecular flexibility index (Phi) is 9.65. The molecule has 0 saturated carbocycles. The topological polar surface area (TPSA) is 54.7 Å².